The molecule has 0 aliphatic carbocycles. The van der Waals surface area contributed by atoms with E-state index in [2.05, 4.69) is 31.2 Å². The van der Waals surface area contributed by atoms with Crippen molar-refractivity contribution in [1.82, 2.24) is 9.97 Å². The largest absolute Gasteiger partial charge is 0.345 e. The van der Waals surface area contributed by atoms with Crippen LogP contribution in [0, 0.1) is 10.1 Å². The van der Waals surface area contributed by atoms with Crippen molar-refractivity contribution in [2.45, 2.75) is 0 Å². The van der Waals surface area contributed by atoms with E-state index >= 15 is 0 Å². The minimum Gasteiger partial charge on any atom is -0.298 e. The van der Waals surface area contributed by atoms with E-state index in [1.165, 1.54) is 6.20 Å². The predicted octanol–water partition coefficient (Wildman–Crippen LogP) is 2.46. The maximum absolute atomic E-state index is 11.8. The maximum Gasteiger partial charge on any atom is 0.345 e. The summed E-state index contributed by atoms with van der Waals surface area (Å²) < 4.78 is 0.397. The third-order valence-electron chi connectivity index (χ3n) is 1.90. The zero-order valence-corrected chi connectivity index (χ0v) is 11.1. The number of anilines is 1. The highest BCUT2D eigenvalue weighted by molar-refractivity contribution is 9.10. The standard InChI is InChI=1S/C9H5BrN4O3S/c10-7-5(2-1-3-11-7)8(15)13-9-12-4-6(18-9)14(16)17/h1-4H,(H,12,13,15). The van der Waals surface area contributed by atoms with Crippen molar-refractivity contribution in [3.8, 4) is 0 Å². The van der Waals surface area contributed by atoms with Crippen LogP contribution in [0.1, 0.15) is 10.4 Å². The summed E-state index contributed by atoms with van der Waals surface area (Å²) in [5.74, 6) is -0.431. The molecule has 2 aromatic heterocycles. The van der Waals surface area contributed by atoms with Gasteiger partial charge in [0.1, 0.15) is 10.8 Å². The van der Waals surface area contributed by atoms with Crippen LogP contribution in [0.25, 0.3) is 0 Å². The molecule has 0 aromatic carbocycles. The molecule has 0 radical (unpaired) electrons. The Morgan fingerprint density at radius 2 is 2.28 bits per heavy atom. The van der Waals surface area contributed by atoms with Crippen molar-refractivity contribution in [1.29, 1.82) is 0 Å². The monoisotopic (exact) mass is 328 g/mol. The zero-order valence-electron chi connectivity index (χ0n) is 8.66. The predicted molar refractivity (Wildman–Crippen MR) is 68.7 cm³/mol. The van der Waals surface area contributed by atoms with Gasteiger partial charge < -0.3 is 0 Å². The lowest BCUT2D eigenvalue weighted by molar-refractivity contribution is -0.380. The van der Waals surface area contributed by atoms with Gasteiger partial charge in [0.05, 0.1) is 10.5 Å². The van der Waals surface area contributed by atoms with Gasteiger partial charge in [-0.1, -0.05) is 0 Å². The number of hydrogen-bond donors (Lipinski definition) is 1. The first-order chi connectivity index (χ1) is 8.58. The smallest absolute Gasteiger partial charge is 0.298 e. The summed E-state index contributed by atoms with van der Waals surface area (Å²) in [5, 5.41) is 13.0. The normalized spacial score (nSPS) is 10.1. The lowest BCUT2D eigenvalue weighted by Crippen LogP contribution is -2.12. The Bertz CT molecular complexity index is 615. The van der Waals surface area contributed by atoms with Crippen LogP contribution >= 0.6 is 27.3 Å². The van der Waals surface area contributed by atoms with Gasteiger partial charge in [-0.25, -0.2) is 9.97 Å². The summed E-state index contributed by atoms with van der Waals surface area (Å²) >= 11 is 3.93. The van der Waals surface area contributed by atoms with E-state index in [4.69, 9.17) is 0 Å². The molecule has 0 unspecified atom stereocenters. The van der Waals surface area contributed by atoms with Gasteiger partial charge in [-0.3, -0.25) is 20.2 Å². The molecule has 2 rings (SSSR count). The number of amides is 1. The Labute approximate surface area is 113 Å². The van der Waals surface area contributed by atoms with E-state index in [-0.39, 0.29) is 10.1 Å². The second kappa shape index (κ2) is 5.19. The lowest BCUT2D eigenvalue weighted by Gasteiger charge is -2.02. The van der Waals surface area contributed by atoms with E-state index in [0.29, 0.717) is 10.2 Å². The molecular weight excluding hydrogens is 324 g/mol. The van der Waals surface area contributed by atoms with Crippen LogP contribution in [-0.4, -0.2) is 20.8 Å². The third kappa shape index (κ3) is 2.68. The van der Waals surface area contributed by atoms with Gasteiger partial charge in [-0.05, 0) is 39.4 Å². The number of pyridine rings is 1. The van der Waals surface area contributed by atoms with Crippen LogP contribution < -0.4 is 5.32 Å². The summed E-state index contributed by atoms with van der Waals surface area (Å²) in [5.41, 5.74) is 0.329. The first-order valence-corrected chi connectivity index (χ1v) is 6.21. The highest BCUT2D eigenvalue weighted by Gasteiger charge is 2.15. The number of aromatic nitrogens is 2. The molecule has 0 aliphatic heterocycles. The van der Waals surface area contributed by atoms with E-state index in [9.17, 15) is 14.9 Å². The van der Waals surface area contributed by atoms with Gasteiger partial charge in [0, 0.05) is 6.20 Å². The van der Waals surface area contributed by atoms with Crippen molar-refractivity contribution in [2.24, 2.45) is 0 Å². The summed E-state index contributed by atoms with van der Waals surface area (Å²) in [4.78, 5) is 29.4. The number of nitrogens with one attached hydrogen (secondary N) is 1. The molecule has 92 valence electrons. The minimum absolute atomic E-state index is 0.129. The van der Waals surface area contributed by atoms with E-state index in [1.54, 1.807) is 12.1 Å². The van der Waals surface area contributed by atoms with Gasteiger partial charge in [-0.15, -0.1) is 0 Å². The Kier molecular flexibility index (Phi) is 3.63. The lowest BCUT2D eigenvalue weighted by atomic mass is 10.3. The molecular formula is C9H5BrN4O3S. The SMILES string of the molecule is O=C(Nc1ncc([N+](=O)[O-])s1)c1cccnc1Br. The van der Waals surface area contributed by atoms with Crippen LogP contribution in [0.3, 0.4) is 0 Å². The second-order valence-corrected chi connectivity index (χ2v) is 4.82. The Morgan fingerprint density at radius 1 is 1.50 bits per heavy atom. The number of hydrogen-bond acceptors (Lipinski definition) is 6. The van der Waals surface area contributed by atoms with Crippen molar-refractivity contribution < 1.29 is 9.72 Å². The van der Waals surface area contributed by atoms with Gasteiger partial charge in [0.2, 0.25) is 0 Å². The summed E-state index contributed by atoms with van der Waals surface area (Å²) in [6.07, 6.45) is 2.63. The van der Waals surface area contributed by atoms with Crippen LogP contribution in [0.4, 0.5) is 10.1 Å². The number of halogens is 1. The third-order valence-corrected chi connectivity index (χ3v) is 3.39. The summed E-state index contributed by atoms with van der Waals surface area (Å²) in [6.45, 7) is 0. The molecule has 2 heterocycles. The van der Waals surface area contributed by atoms with Gasteiger partial charge in [-0.2, -0.15) is 0 Å². The quantitative estimate of drug-likeness (QED) is 0.530. The topological polar surface area (TPSA) is 98.0 Å². The van der Waals surface area contributed by atoms with Crippen LogP contribution in [0.15, 0.2) is 29.1 Å². The number of carbonyl (C=O) groups excluding carboxylic acids is 1. The molecule has 0 saturated carbocycles. The van der Waals surface area contributed by atoms with Crippen LogP contribution in [-0.2, 0) is 0 Å². The van der Waals surface area contributed by atoms with Crippen molar-refractivity contribution >= 4 is 43.3 Å². The molecule has 7 nitrogen and oxygen atoms in total. The molecule has 0 saturated heterocycles. The Morgan fingerprint density at radius 3 is 2.89 bits per heavy atom. The first-order valence-electron chi connectivity index (χ1n) is 4.60. The molecule has 1 amide bonds. The minimum atomic E-state index is -0.562. The fraction of sp³-hybridized carbons (Fsp3) is 0. The maximum atomic E-state index is 11.8. The number of carbonyl (C=O) groups is 1. The Balaban J connectivity index is 2.16. The number of rotatable bonds is 3. The highest BCUT2D eigenvalue weighted by atomic mass is 79.9. The summed E-state index contributed by atoms with van der Waals surface area (Å²) in [6, 6.07) is 3.19. The average Bonchev–Trinajstić information content (AvgIpc) is 2.78. The molecule has 9 heteroatoms. The van der Waals surface area contributed by atoms with E-state index in [1.807, 2.05) is 0 Å². The number of nitrogens with zero attached hydrogens (tertiary/aromatic N) is 3. The molecule has 0 aliphatic rings. The van der Waals surface area contributed by atoms with Crippen LogP contribution in [0.5, 0.6) is 0 Å². The van der Waals surface area contributed by atoms with Crippen LogP contribution in [0.2, 0.25) is 0 Å². The first kappa shape index (κ1) is 12.6. The van der Waals surface area contributed by atoms with Crippen molar-refractivity contribution in [3.05, 3.63) is 44.8 Å². The van der Waals surface area contributed by atoms with Crippen molar-refractivity contribution in [2.75, 3.05) is 5.32 Å². The van der Waals surface area contributed by atoms with Gasteiger partial charge in [0.15, 0.2) is 5.13 Å². The fourth-order valence-corrected chi connectivity index (χ4v) is 2.19. The Hall–Kier alpha value is -1.87. The number of nitro groups is 1. The average molecular weight is 329 g/mol. The van der Waals surface area contributed by atoms with Gasteiger partial charge in [0.25, 0.3) is 5.91 Å². The molecule has 2 aromatic rings. The zero-order chi connectivity index (χ0) is 13.1. The van der Waals surface area contributed by atoms with Crippen molar-refractivity contribution in [3.63, 3.8) is 0 Å². The molecule has 0 fully saturated rings. The summed E-state index contributed by atoms with van der Waals surface area (Å²) in [7, 11) is 0. The fourth-order valence-electron chi connectivity index (χ4n) is 1.13. The molecule has 0 spiro atoms. The second-order valence-electron chi connectivity index (χ2n) is 3.06. The van der Waals surface area contributed by atoms with Gasteiger partial charge >= 0.3 is 5.00 Å². The number of thiazole rings is 1. The molecule has 0 bridgehead atoms. The highest BCUT2D eigenvalue weighted by Crippen LogP contribution is 2.25. The molecule has 0 atom stereocenters. The van der Waals surface area contributed by atoms with E-state index in [0.717, 1.165) is 17.5 Å². The molecule has 1 N–H and O–H groups in total. The van der Waals surface area contributed by atoms with E-state index < -0.39 is 10.8 Å². The molecule has 18 heavy (non-hydrogen) atoms.